The monoisotopic (exact) mass is 346 g/mol. The van der Waals surface area contributed by atoms with E-state index in [1.165, 1.54) is 12.3 Å². The van der Waals surface area contributed by atoms with Crippen molar-refractivity contribution in [1.29, 1.82) is 0 Å². The van der Waals surface area contributed by atoms with Crippen LogP contribution in [0.3, 0.4) is 0 Å². The van der Waals surface area contributed by atoms with Gasteiger partial charge in [0.1, 0.15) is 12.7 Å². The minimum Gasteiger partial charge on any atom is -0.457 e. The summed E-state index contributed by atoms with van der Waals surface area (Å²) in [6.07, 6.45) is 5.74. The lowest BCUT2D eigenvalue weighted by molar-refractivity contribution is -0.134. The van der Waals surface area contributed by atoms with E-state index in [2.05, 4.69) is 16.7 Å². The summed E-state index contributed by atoms with van der Waals surface area (Å²) in [4.78, 5) is 32.8. The zero-order valence-electron chi connectivity index (χ0n) is 14.2. The van der Waals surface area contributed by atoms with Crippen LogP contribution in [0.5, 0.6) is 0 Å². The van der Waals surface area contributed by atoms with E-state index in [1.807, 2.05) is 6.92 Å². The number of carbonyl (C=O) groups excluding carboxylic acids is 2. The molecule has 134 valence electrons. The van der Waals surface area contributed by atoms with Crippen molar-refractivity contribution in [3.05, 3.63) is 42.7 Å². The van der Waals surface area contributed by atoms with Crippen LogP contribution < -0.4 is 0 Å². The highest BCUT2D eigenvalue weighted by Crippen LogP contribution is 2.26. The Morgan fingerprint density at radius 2 is 2.16 bits per heavy atom. The Labute approximate surface area is 146 Å². The van der Waals surface area contributed by atoms with Gasteiger partial charge in [-0.05, 0) is 37.3 Å². The molecule has 2 atom stereocenters. The third-order valence-electron chi connectivity index (χ3n) is 3.92. The molecule has 0 aromatic carbocycles. The van der Waals surface area contributed by atoms with E-state index < -0.39 is 12.1 Å². The van der Waals surface area contributed by atoms with Crippen LogP contribution in [0.15, 0.2) is 42.2 Å². The second kappa shape index (κ2) is 9.56. The van der Waals surface area contributed by atoms with Gasteiger partial charge in [-0.2, -0.15) is 0 Å². The van der Waals surface area contributed by atoms with E-state index in [0.717, 1.165) is 25.7 Å². The van der Waals surface area contributed by atoms with E-state index in [1.54, 1.807) is 18.2 Å². The molecule has 0 amide bonds. The summed E-state index contributed by atoms with van der Waals surface area (Å²) < 4.78 is 10.2. The fourth-order valence-electron chi connectivity index (χ4n) is 2.58. The summed E-state index contributed by atoms with van der Waals surface area (Å²) in [6, 6.07) is 4.93. The van der Waals surface area contributed by atoms with Gasteiger partial charge in [0.05, 0.1) is 5.69 Å². The lowest BCUT2D eigenvalue weighted by Crippen LogP contribution is -2.28. The molecule has 1 aromatic heterocycles. The van der Waals surface area contributed by atoms with E-state index in [0.29, 0.717) is 0 Å². The van der Waals surface area contributed by atoms with Crippen LogP contribution in [0.4, 0.5) is 4.79 Å². The van der Waals surface area contributed by atoms with Gasteiger partial charge in [0.2, 0.25) is 5.71 Å². The first-order chi connectivity index (χ1) is 12.1. The lowest BCUT2D eigenvalue weighted by Gasteiger charge is -2.27. The average molecular weight is 346 g/mol. The third kappa shape index (κ3) is 5.70. The summed E-state index contributed by atoms with van der Waals surface area (Å²) in [7, 11) is 0. The molecule has 7 nitrogen and oxygen atoms in total. The van der Waals surface area contributed by atoms with Crippen molar-refractivity contribution in [2.75, 3.05) is 6.61 Å². The van der Waals surface area contributed by atoms with Gasteiger partial charge in [0.15, 0.2) is 0 Å². The first-order valence-electron chi connectivity index (χ1n) is 8.27. The van der Waals surface area contributed by atoms with Gasteiger partial charge < -0.3 is 9.47 Å². The fourth-order valence-corrected chi connectivity index (χ4v) is 2.58. The van der Waals surface area contributed by atoms with Gasteiger partial charge in [0, 0.05) is 6.20 Å². The number of hydrogen-bond acceptors (Lipinski definition) is 7. The second-order valence-corrected chi connectivity index (χ2v) is 5.80. The van der Waals surface area contributed by atoms with Crippen molar-refractivity contribution >= 4 is 17.8 Å². The minimum absolute atomic E-state index is 0.00865. The highest BCUT2D eigenvalue weighted by atomic mass is 16.8. The number of pyridine rings is 1. The van der Waals surface area contributed by atoms with E-state index in [4.69, 9.17) is 14.3 Å². The Morgan fingerprint density at radius 1 is 1.36 bits per heavy atom. The molecule has 1 aromatic rings. The molecule has 1 saturated carbocycles. The zero-order valence-corrected chi connectivity index (χ0v) is 14.2. The number of hydrogen-bond donors (Lipinski definition) is 0. The van der Waals surface area contributed by atoms with Gasteiger partial charge in [-0.1, -0.05) is 37.2 Å². The minimum atomic E-state index is -0.941. The first-order valence-corrected chi connectivity index (χ1v) is 8.27. The molecular formula is C18H22N2O5. The van der Waals surface area contributed by atoms with Crippen molar-refractivity contribution in [3.8, 4) is 0 Å². The van der Waals surface area contributed by atoms with Crippen LogP contribution in [-0.4, -0.2) is 35.5 Å². The molecule has 0 N–H and O–H groups in total. The molecule has 2 rings (SSSR count). The van der Waals surface area contributed by atoms with Gasteiger partial charge in [-0.15, -0.1) is 0 Å². The van der Waals surface area contributed by atoms with Gasteiger partial charge >= 0.3 is 12.1 Å². The summed E-state index contributed by atoms with van der Waals surface area (Å²) >= 11 is 0. The van der Waals surface area contributed by atoms with Crippen molar-refractivity contribution in [1.82, 2.24) is 4.98 Å². The lowest BCUT2D eigenvalue weighted by atomic mass is 9.88. The highest BCUT2D eigenvalue weighted by molar-refractivity contribution is 6.42. The summed E-state index contributed by atoms with van der Waals surface area (Å²) in [5.74, 6) is -0.490. The van der Waals surface area contributed by atoms with Crippen LogP contribution in [0.25, 0.3) is 0 Å². The van der Waals surface area contributed by atoms with Crippen LogP contribution in [0.1, 0.15) is 38.3 Å². The molecular weight excluding hydrogens is 324 g/mol. The molecule has 0 saturated heterocycles. The summed E-state index contributed by atoms with van der Waals surface area (Å²) in [6.45, 7) is 5.52. The Hall–Kier alpha value is -2.70. The molecule has 0 aliphatic heterocycles. The Bertz CT molecular complexity index is 630. The first kappa shape index (κ1) is 18.6. The van der Waals surface area contributed by atoms with Gasteiger partial charge in [0.25, 0.3) is 0 Å². The Morgan fingerprint density at radius 3 is 2.84 bits per heavy atom. The molecule has 0 bridgehead atoms. The zero-order chi connectivity index (χ0) is 18.1. The second-order valence-electron chi connectivity index (χ2n) is 5.80. The number of rotatable bonds is 6. The standard InChI is InChI=1S/C18H22N2O5/c1-3-12-23-17(21)16(14-9-6-7-11-19-14)20-25-18(22)24-15-10-5-4-8-13(15)2/h3,6-7,9,11,13,15H,1,4-5,8,10,12H2,2H3/b20-16-/t13-,15-/m0/s1. The number of aromatic nitrogens is 1. The molecule has 1 aliphatic carbocycles. The average Bonchev–Trinajstić information content (AvgIpc) is 2.63. The van der Waals surface area contributed by atoms with E-state index in [9.17, 15) is 9.59 Å². The van der Waals surface area contributed by atoms with Crippen molar-refractivity contribution in [3.63, 3.8) is 0 Å². The van der Waals surface area contributed by atoms with E-state index >= 15 is 0 Å². The quantitative estimate of drug-likeness (QED) is 0.258. The topological polar surface area (TPSA) is 87.1 Å². The molecule has 0 spiro atoms. The fraction of sp³-hybridized carbons (Fsp3) is 0.444. The molecule has 1 aliphatic rings. The van der Waals surface area contributed by atoms with Crippen LogP contribution in [0, 0.1) is 5.92 Å². The maximum Gasteiger partial charge on any atom is 0.535 e. The third-order valence-corrected chi connectivity index (χ3v) is 3.92. The predicted octanol–water partition coefficient (Wildman–Crippen LogP) is 3.25. The molecule has 25 heavy (non-hydrogen) atoms. The van der Waals surface area contributed by atoms with Crippen LogP contribution in [0.2, 0.25) is 0 Å². The summed E-state index contributed by atoms with van der Waals surface area (Å²) in [5, 5.41) is 3.61. The van der Waals surface area contributed by atoms with Crippen molar-refractivity contribution < 1.29 is 23.9 Å². The molecule has 1 fully saturated rings. The maximum absolute atomic E-state index is 12.1. The van der Waals surface area contributed by atoms with E-state index in [-0.39, 0.29) is 30.0 Å². The van der Waals surface area contributed by atoms with Gasteiger partial charge in [-0.25, -0.2) is 9.59 Å². The molecule has 0 unspecified atom stereocenters. The summed E-state index contributed by atoms with van der Waals surface area (Å²) in [5.41, 5.74) is 0.0199. The normalized spacial score (nSPS) is 20.4. The number of ether oxygens (including phenoxy) is 2. The van der Waals surface area contributed by atoms with Gasteiger partial charge in [-0.3, -0.25) is 9.82 Å². The molecule has 0 radical (unpaired) electrons. The Balaban J connectivity index is 2.04. The highest BCUT2D eigenvalue weighted by Gasteiger charge is 2.26. The number of oxime groups is 1. The largest absolute Gasteiger partial charge is 0.535 e. The smallest absolute Gasteiger partial charge is 0.457 e. The molecule has 7 heteroatoms. The van der Waals surface area contributed by atoms with Crippen LogP contribution >= 0.6 is 0 Å². The maximum atomic E-state index is 12.1. The number of carbonyl (C=O) groups is 2. The van der Waals surface area contributed by atoms with Crippen LogP contribution in [-0.2, 0) is 19.1 Å². The van der Waals surface area contributed by atoms with Crippen molar-refractivity contribution in [2.24, 2.45) is 11.1 Å². The SMILES string of the molecule is C=CCOC(=O)/C(=N\OC(=O)O[C@H]1CCCC[C@@H]1C)c1ccccn1. The van der Waals surface area contributed by atoms with Crippen molar-refractivity contribution in [2.45, 2.75) is 38.7 Å². The number of nitrogens with zero attached hydrogens (tertiary/aromatic N) is 2. The predicted molar refractivity (Wildman–Crippen MR) is 90.9 cm³/mol. The Kier molecular flexibility index (Phi) is 7.13. The number of esters is 1. The molecule has 1 heterocycles.